The summed E-state index contributed by atoms with van der Waals surface area (Å²) < 4.78 is 0. The van der Waals surface area contributed by atoms with Gasteiger partial charge >= 0.3 is 0 Å². The molecule has 1 rings (SSSR count). The molecule has 1 aromatic carbocycles. The van der Waals surface area contributed by atoms with E-state index in [0.717, 1.165) is 12.3 Å². The third kappa shape index (κ3) is 19.0. The van der Waals surface area contributed by atoms with E-state index in [1.807, 2.05) is 0 Å². The molecule has 1 N–H and O–H groups in total. The van der Waals surface area contributed by atoms with Crippen molar-refractivity contribution in [1.29, 1.82) is 0 Å². The smallest absolute Gasteiger partial charge is 0.0251 e. The van der Waals surface area contributed by atoms with Gasteiger partial charge in [-0.25, -0.2) is 0 Å². The summed E-state index contributed by atoms with van der Waals surface area (Å²) in [5.74, 6) is 0.653. The molecule has 0 aliphatic rings. The standard InChI is InChI=1S/C10H14.C8H19OP.2ClH.Ru/c1-8(2)10-6-4-9(3)5-7-10;1-3-5-7-10(9)8-6-4-2;;;/h4-8H,1-3H3;9H,3-8H2,1-2H3;2*1H;. The van der Waals surface area contributed by atoms with E-state index < -0.39 is 8.15 Å². The first kappa shape index (κ1) is 31.6. The summed E-state index contributed by atoms with van der Waals surface area (Å²) in [6.45, 7) is 10.9. The van der Waals surface area contributed by atoms with Crippen molar-refractivity contribution in [1.82, 2.24) is 0 Å². The van der Waals surface area contributed by atoms with Gasteiger partial charge in [-0.1, -0.05) is 70.4 Å². The van der Waals surface area contributed by atoms with E-state index in [-0.39, 0.29) is 44.3 Å². The Hall–Kier alpha value is 0.813. The topological polar surface area (TPSA) is 20.2 Å². The van der Waals surface area contributed by atoms with Gasteiger partial charge in [-0.2, -0.15) is 0 Å². The van der Waals surface area contributed by atoms with Gasteiger partial charge in [0.25, 0.3) is 0 Å². The number of halogens is 2. The van der Waals surface area contributed by atoms with Gasteiger partial charge in [-0.05, 0) is 43.6 Å². The predicted octanol–water partition coefficient (Wildman–Crippen LogP) is 6.94. The van der Waals surface area contributed by atoms with E-state index in [1.54, 1.807) is 0 Å². The summed E-state index contributed by atoms with van der Waals surface area (Å²) in [7, 11) is -0.592. The summed E-state index contributed by atoms with van der Waals surface area (Å²) in [5, 5.41) is 0. The number of hydrogen-bond donors (Lipinski definition) is 1. The second-order valence-electron chi connectivity index (χ2n) is 5.73. The molecule has 0 saturated carbocycles. The van der Waals surface area contributed by atoms with Gasteiger partial charge in [0.05, 0.1) is 0 Å². The molecule has 0 amide bonds. The van der Waals surface area contributed by atoms with Crippen LogP contribution in [0.25, 0.3) is 0 Å². The molecule has 0 radical (unpaired) electrons. The summed E-state index contributed by atoms with van der Waals surface area (Å²) in [6.07, 6.45) is 6.95. The number of rotatable bonds is 7. The maximum atomic E-state index is 9.38. The second kappa shape index (κ2) is 20.9. The molecule has 1 nitrogen and oxygen atoms in total. The van der Waals surface area contributed by atoms with Crippen molar-refractivity contribution in [2.75, 3.05) is 12.3 Å². The minimum Gasteiger partial charge on any atom is -0.374 e. The minimum absolute atomic E-state index is 0. The van der Waals surface area contributed by atoms with Crippen LogP contribution in [0.15, 0.2) is 24.3 Å². The quantitative estimate of drug-likeness (QED) is 0.338. The van der Waals surface area contributed by atoms with E-state index in [4.69, 9.17) is 0 Å². The van der Waals surface area contributed by atoms with Gasteiger partial charge in [-0.15, -0.1) is 24.8 Å². The summed E-state index contributed by atoms with van der Waals surface area (Å²) >= 11 is 0. The molecular weight excluding hydrogens is 435 g/mol. The van der Waals surface area contributed by atoms with Crippen molar-refractivity contribution in [3.8, 4) is 0 Å². The maximum absolute atomic E-state index is 9.38. The Balaban J connectivity index is -0.000000139. The van der Waals surface area contributed by atoms with Crippen LogP contribution in [0.3, 0.4) is 0 Å². The SMILES string of the molecule is CCCCP(O)CCCC.Cc1ccc(C(C)C)cc1.Cl.Cl.[Ru]. The Morgan fingerprint density at radius 3 is 1.61 bits per heavy atom. The third-order valence-electron chi connectivity index (χ3n) is 3.28. The summed E-state index contributed by atoms with van der Waals surface area (Å²) in [6, 6.07) is 8.71. The summed E-state index contributed by atoms with van der Waals surface area (Å²) in [5.41, 5.74) is 2.76. The van der Waals surface area contributed by atoms with Crippen molar-refractivity contribution >= 4 is 33.0 Å². The molecule has 0 heterocycles. The molecule has 0 unspecified atom stereocenters. The average molecular weight is 470 g/mol. The normalized spacial score (nSPS) is 9.22. The van der Waals surface area contributed by atoms with Gasteiger partial charge in [0.15, 0.2) is 0 Å². The molecule has 23 heavy (non-hydrogen) atoms. The van der Waals surface area contributed by atoms with Crippen LogP contribution in [0, 0.1) is 6.92 Å². The maximum Gasteiger partial charge on any atom is 0.0251 e. The Morgan fingerprint density at radius 1 is 0.913 bits per heavy atom. The van der Waals surface area contributed by atoms with E-state index in [0.29, 0.717) is 5.92 Å². The average Bonchev–Trinajstić information content (AvgIpc) is 2.44. The molecule has 0 atom stereocenters. The van der Waals surface area contributed by atoms with Crippen LogP contribution < -0.4 is 0 Å². The second-order valence-corrected chi connectivity index (χ2v) is 7.63. The van der Waals surface area contributed by atoms with Gasteiger partial charge in [0, 0.05) is 27.6 Å². The fourth-order valence-corrected chi connectivity index (χ4v) is 3.33. The van der Waals surface area contributed by atoms with Crippen LogP contribution in [0.1, 0.15) is 70.4 Å². The van der Waals surface area contributed by atoms with Crippen LogP contribution in [-0.4, -0.2) is 17.2 Å². The fourth-order valence-electron chi connectivity index (χ4n) is 1.74. The molecule has 0 aliphatic heterocycles. The van der Waals surface area contributed by atoms with Gasteiger partial charge < -0.3 is 4.89 Å². The number of aryl methyl sites for hydroxylation is 1. The zero-order chi connectivity index (χ0) is 15.4. The number of benzene rings is 1. The van der Waals surface area contributed by atoms with Crippen LogP contribution in [0.2, 0.25) is 0 Å². The molecular formula is C18H35Cl2OPRu. The van der Waals surface area contributed by atoms with Crippen molar-refractivity contribution in [2.24, 2.45) is 0 Å². The van der Waals surface area contributed by atoms with Crippen LogP contribution in [0.4, 0.5) is 0 Å². The van der Waals surface area contributed by atoms with Crippen molar-refractivity contribution in [3.05, 3.63) is 35.4 Å². The molecule has 0 fully saturated rings. The first-order chi connectivity index (χ1) is 9.51. The Morgan fingerprint density at radius 2 is 1.30 bits per heavy atom. The zero-order valence-electron chi connectivity index (χ0n) is 15.2. The summed E-state index contributed by atoms with van der Waals surface area (Å²) in [4.78, 5) is 9.38. The molecule has 1 aromatic rings. The molecule has 140 valence electrons. The van der Waals surface area contributed by atoms with Gasteiger partial charge in [-0.3, -0.25) is 0 Å². The van der Waals surface area contributed by atoms with Crippen molar-refractivity contribution < 1.29 is 24.4 Å². The van der Waals surface area contributed by atoms with Crippen LogP contribution >= 0.6 is 33.0 Å². The fraction of sp³-hybridized carbons (Fsp3) is 0.667. The molecule has 5 heteroatoms. The molecule has 0 saturated heterocycles. The number of unbranched alkanes of at least 4 members (excludes halogenated alkanes) is 2. The van der Waals surface area contributed by atoms with Crippen molar-refractivity contribution in [3.63, 3.8) is 0 Å². The van der Waals surface area contributed by atoms with Gasteiger partial charge in [0.1, 0.15) is 0 Å². The van der Waals surface area contributed by atoms with Crippen LogP contribution in [-0.2, 0) is 19.5 Å². The number of hydrogen-bond acceptors (Lipinski definition) is 1. The van der Waals surface area contributed by atoms with Crippen molar-refractivity contribution in [2.45, 2.75) is 66.2 Å². The Kier molecular flexibility index (Phi) is 28.6. The molecule has 0 aromatic heterocycles. The van der Waals surface area contributed by atoms with Gasteiger partial charge in [0.2, 0.25) is 0 Å². The predicted molar refractivity (Wildman–Crippen MR) is 108 cm³/mol. The van der Waals surface area contributed by atoms with Crippen LogP contribution in [0.5, 0.6) is 0 Å². The Labute approximate surface area is 170 Å². The van der Waals surface area contributed by atoms with E-state index in [9.17, 15) is 4.89 Å². The largest absolute Gasteiger partial charge is 0.374 e. The van der Waals surface area contributed by atoms with E-state index >= 15 is 0 Å². The third-order valence-corrected chi connectivity index (χ3v) is 4.95. The Bertz CT molecular complexity index is 326. The molecule has 0 bridgehead atoms. The monoisotopic (exact) mass is 470 g/mol. The van der Waals surface area contributed by atoms with E-state index in [1.165, 1.54) is 36.8 Å². The first-order valence-corrected chi connectivity index (χ1v) is 9.68. The molecule has 0 aliphatic carbocycles. The first-order valence-electron chi connectivity index (χ1n) is 8.01. The zero-order valence-corrected chi connectivity index (χ0v) is 19.5. The van der Waals surface area contributed by atoms with E-state index in [2.05, 4.69) is 58.9 Å². The minimum atomic E-state index is -0.592. The molecule has 0 spiro atoms.